The van der Waals surface area contributed by atoms with E-state index in [0.717, 1.165) is 0 Å². The Kier molecular flexibility index (Phi) is 4.42. The molecule has 0 saturated carbocycles. The van der Waals surface area contributed by atoms with Crippen LogP contribution in [0.5, 0.6) is 11.5 Å². The molecule has 0 aliphatic carbocycles. The van der Waals surface area contributed by atoms with E-state index >= 15 is 0 Å². The molecular formula is C17H18N4O4. The Balaban J connectivity index is 1.86. The van der Waals surface area contributed by atoms with Gasteiger partial charge in [0, 0.05) is 19.3 Å². The number of hydrogen-bond acceptors (Lipinski definition) is 6. The number of aromatic nitrogens is 1. The third kappa shape index (κ3) is 3.18. The van der Waals surface area contributed by atoms with Crippen molar-refractivity contribution in [1.29, 1.82) is 0 Å². The number of anilines is 3. The number of fused-ring (bicyclic) bond motifs is 1. The normalized spacial score (nSPS) is 12.9. The number of carbonyl (C=O) groups excluding carboxylic acids is 2. The van der Waals surface area contributed by atoms with Gasteiger partial charge >= 0.3 is 0 Å². The molecule has 1 aromatic carbocycles. The molecule has 0 bridgehead atoms. The number of likely N-dealkylation sites (N-methyl/N-ethyl adjacent to an activating group) is 1. The smallest absolute Gasteiger partial charge is 0.257 e. The molecule has 8 nitrogen and oxygen atoms in total. The van der Waals surface area contributed by atoms with Crippen LogP contribution in [0.15, 0.2) is 30.5 Å². The van der Waals surface area contributed by atoms with Crippen molar-refractivity contribution in [3.63, 3.8) is 0 Å². The van der Waals surface area contributed by atoms with Crippen molar-refractivity contribution in [3.8, 4) is 11.5 Å². The number of amides is 2. The number of rotatable bonds is 4. The highest BCUT2D eigenvalue weighted by Gasteiger charge is 2.23. The second-order valence-electron chi connectivity index (χ2n) is 5.42. The van der Waals surface area contributed by atoms with Crippen molar-refractivity contribution in [2.45, 2.75) is 0 Å². The Labute approximate surface area is 144 Å². The molecule has 130 valence electrons. The zero-order valence-corrected chi connectivity index (χ0v) is 14.1. The standard InChI is InChI=1S/C17H18N4O4/c1-21-13-6-10(8-18-16(13)19-9-15(21)22)17(23)20-12-5-4-11(24-2)7-14(12)25-3/h4-8H,9H2,1-3H3,(H,18,19)(H,20,23). The average molecular weight is 342 g/mol. The fourth-order valence-electron chi connectivity index (χ4n) is 2.48. The summed E-state index contributed by atoms with van der Waals surface area (Å²) in [5, 5.41) is 5.70. The van der Waals surface area contributed by atoms with Gasteiger partial charge in [0.2, 0.25) is 5.91 Å². The van der Waals surface area contributed by atoms with Gasteiger partial charge in [-0.25, -0.2) is 4.98 Å². The van der Waals surface area contributed by atoms with Gasteiger partial charge in [-0.3, -0.25) is 9.59 Å². The minimum atomic E-state index is -0.356. The number of benzene rings is 1. The Hall–Kier alpha value is -3.29. The van der Waals surface area contributed by atoms with Gasteiger partial charge in [-0.15, -0.1) is 0 Å². The summed E-state index contributed by atoms with van der Waals surface area (Å²) >= 11 is 0. The lowest BCUT2D eigenvalue weighted by Gasteiger charge is -2.26. The molecule has 1 aliphatic rings. The molecule has 2 heterocycles. The van der Waals surface area contributed by atoms with E-state index in [1.807, 2.05) is 0 Å². The van der Waals surface area contributed by atoms with E-state index in [9.17, 15) is 9.59 Å². The SMILES string of the molecule is COc1ccc(NC(=O)c2cnc3c(c2)N(C)C(=O)CN3)c(OC)c1. The summed E-state index contributed by atoms with van der Waals surface area (Å²) in [6.07, 6.45) is 1.46. The van der Waals surface area contributed by atoms with Crippen molar-refractivity contribution in [2.24, 2.45) is 0 Å². The second-order valence-corrected chi connectivity index (χ2v) is 5.42. The lowest BCUT2D eigenvalue weighted by atomic mass is 10.2. The Bertz CT molecular complexity index is 837. The fourth-order valence-corrected chi connectivity index (χ4v) is 2.48. The van der Waals surface area contributed by atoms with Crippen LogP contribution in [-0.4, -0.2) is 44.6 Å². The van der Waals surface area contributed by atoms with E-state index in [4.69, 9.17) is 9.47 Å². The number of hydrogen-bond donors (Lipinski definition) is 2. The van der Waals surface area contributed by atoms with Crippen LogP contribution < -0.4 is 25.0 Å². The van der Waals surface area contributed by atoms with Crippen LogP contribution in [0, 0.1) is 0 Å². The number of methoxy groups -OCH3 is 2. The minimum absolute atomic E-state index is 0.0938. The highest BCUT2D eigenvalue weighted by atomic mass is 16.5. The third-order valence-electron chi connectivity index (χ3n) is 3.93. The molecular weight excluding hydrogens is 324 g/mol. The topological polar surface area (TPSA) is 92.8 Å². The van der Waals surface area contributed by atoms with Gasteiger partial charge in [0.1, 0.15) is 17.3 Å². The quantitative estimate of drug-likeness (QED) is 0.879. The van der Waals surface area contributed by atoms with Crippen molar-refractivity contribution < 1.29 is 19.1 Å². The summed E-state index contributed by atoms with van der Waals surface area (Å²) in [5.74, 6) is 1.22. The molecule has 2 N–H and O–H groups in total. The van der Waals surface area contributed by atoms with E-state index in [0.29, 0.717) is 34.3 Å². The molecule has 0 fully saturated rings. The van der Waals surface area contributed by atoms with Crippen LogP contribution in [0.3, 0.4) is 0 Å². The largest absolute Gasteiger partial charge is 0.497 e. The Morgan fingerprint density at radius 3 is 2.80 bits per heavy atom. The van der Waals surface area contributed by atoms with Crippen molar-refractivity contribution >= 4 is 29.0 Å². The molecule has 0 unspecified atom stereocenters. The van der Waals surface area contributed by atoms with Crippen LogP contribution in [0.25, 0.3) is 0 Å². The van der Waals surface area contributed by atoms with Crippen LogP contribution in [0.1, 0.15) is 10.4 Å². The van der Waals surface area contributed by atoms with Gasteiger partial charge in [-0.05, 0) is 18.2 Å². The highest BCUT2D eigenvalue weighted by Crippen LogP contribution is 2.30. The molecule has 0 radical (unpaired) electrons. The summed E-state index contributed by atoms with van der Waals surface area (Å²) in [7, 11) is 4.71. The molecule has 2 aromatic rings. The summed E-state index contributed by atoms with van der Waals surface area (Å²) in [6, 6.07) is 6.72. The lowest BCUT2D eigenvalue weighted by molar-refractivity contribution is -0.116. The monoisotopic (exact) mass is 342 g/mol. The van der Waals surface area contributed by atoms with Crippen LogP contribution in [0.2, 0.25) is 0 Å². The van der Waals surface area contributed by atoms with Crippen molar-refractivity contribution in [1.82, 2.24) is 4.98 Å². The first-order valence-electron chi connectivity index (χ1n) is 7.57. The minimum Gasteiger partial charge on any atom is -0.497 e. The van der Waals surface area contributed by atoms with E-state index in [-0.39, 0.29) is 18.4 Å². The lowest BCUT2D eigenvalue weighted by Crippen LogP contribution is -2.37. The maximum absolute atomic E-state index is 12.5. The fraction of sp³-hybridized carbons (Fsp3) is 0.235. The molecule has 0 spiro atoms. The Morgan fingerprint density at radius 1 is 1.28 bits per heavy atom. The third-order valence-corrected chi connectivity index (χ3v) is 3.93. The summed E-state index contributed by atoms with van der Waals surface area (Å²) in [5.41, 5.74) is 1.40. The summed E-state index contributed by atoms with van der Waals surface area (Å²) in [6.45, 7) is 0.186. The number of nitrogens with one attached hydrogen (secondary N) is 2. The Morgan fingerprint density at radius 2 is 2.08 bits per heavy atom. The van der Waals surface area contributed by atoms with Gasteiger partial charge in [0.15, 0.2) is 0 Å². The zero-order valence-electron chi connectivity index (χ0n) is 14.1. The van der Waals surface area contributed by atoms with E-state index in [1.54, 1.807) is 38.4 Å². The van der Waals surface area contributed by atoms with E-state index < -0.39 is 0 Å². The van der Waals surface area contributed by atoms with Gasteiger partial charge in [0.05, 0.1) is 37.7 Å². The maximum atomic E-state index is 12.5. The first kappa shape index (κ1) is 16.6. The molecule has 3 rings (SSSR count). The van der Waals surface area contributed by atoms with E-state index in [1.165, 1.54) is 18.2 Å². The number of pyridine rings is 1. The first-order chi connectivity index (χ1) is 12.0. The molecule has 1 aromatic heterocycles. The average Bonchev–Trinajstić information content (AvgIpc) is 2.64. The summed E-state index contributed by atoms with van der Waals surface area (Å²) < 4.78 is 10.4. The van der Waals surface area contributed by atoms with Crippen LogP contribution >= 0.6 is 0 Å². The van der Waals surface area contributed by atoms with Gasteiger partial charge in [-0.1, -0.05) is 0 Å². The van der Waals surface area contributed by atoms with Crippen LogP contribution in [0.4, 0.5) is 17.2 Å². The molecule has 0 saturated heterocycles. The molecule has 2 amide bonds. The molecule has 0 atom stereocenters. The van der Waals surface area contributed by atoms with E-state index in [2.05, 4.69) is 15.6 Å². The van der Waals surface area contributed by atoms with Gasteiger partial charge < -0.3 is 25.0 Å². The number of nitrogens with zero attached hydrogens (tertiary/aromatic N) is 2. The van der Waals surface area contributed by atoms with Crippen molar-refractivity contribution in [2.75, 3.05) is 43.3 Å². The van der Waals surface area contributed by atoms with Gasteiger partial charge in [-0.2, -0.15) is 0 Å². The predicted octanol–water partition coefficient (Wildman–Crippen LogP) is 1.74. The predicted molar refractivity (Wildman–Crippen MR) is 93.6 cm³/mol. The number of ether oxygens (including phenoxy) is 2. The van der Waals surface area contributed by atoms with Gasteiger partial charge in [0.25, 0.3) is 5.91 Å². The first-order valence-corrected chi connectivity index (χ1v) is 7.57. The second kappa shape index (κ2) is 6.68. The molecule has 25 heavy (non-hydrogen) atoms. The van der Waals surface area contributed by atoms with Crippen LogP contribution in [-0.2, 0) is 4.79 Å². The van der Waals surface area contributed by atoms with Crippen molar-refractivity contribution in [3.05, 3.63) is 36.0 Å². The number of carbonyl (C=O) groups is 2. The highest BCUT2D eigenvalue weighted by molar-refractivity contribution is 6.08. The molecule has 1 aliphatic heterocycles. The maximum Gasteiger partial charge on any atom is 0.257 e. The summed E-state index contributed by atoms with van der Waals surface area (Å²) in [4.78, 5) is 30.0. The zero-order chi connectivity index (χ0) is 18.0. The molecule has 8 heteroatoms.